The first kappa shape index (κ1) is 19.3. The Hall–Kier alpha value is -1.99. The molecule has 1 aromatic heterocycles. The average molecular weight is 386 g/mol. The van der Waals surface area contributed by atoms with Crippen molar-refractivity contribution in [2.24, 2.45) is 11.1 Å². The highest BCUT2D eigenvalue weighted by Crippen LogP contribution is 2.42. The molecule has 2 saturated heterocycles. The average Bonchev–Trinajstić information content (AvgIpc) is 2.99. The van der Waals surface area contributed by atoms with E-state index in [0.717, 1.165) is 70.3 Å². The standard InChI is InChI=1S/C21H30N4O3/c22-19(27)15-2-3-16(23-12-15)13-24-10-1-8-21(14-24)9-11-25(20(21)28)17-4-6-18(26)7-5-17/h2-3,12,17-18,26H,1,4-11,13-14H2,(H2,22,27). The van der Waals surface area contributed by atoms with Gasteiger partial charge in [-0.25, -0.2) is 0 Å². The molecule has 3 fully saturated rings. The molecule has 1 aromatic rings. The quantitative estimate of drug-likeness (QED) is 0.812. The normalized spacial score (nSPS) is 31.5. The van der Waals surface area contributed by atoms with Crippen LogP contribution in [0.1, 0.15) is 61.0 Å². The van der Waals surface area contributed by atoms with Gasteiger partial charge in [-0.1, -0.05) is 0 Å². The van der Waals surface area contributed by atoms with Crippen molar-refractivity contribution in [2.75, 3.05) is 19.6 Å². The number of rotatable bonds is 4. The lowest BCUT2D eigenvalue weighted by atomic mass is 9.78. The van der Waals surface area contributed by atoms with E-state index in [1.807, 2.05) is 6.07 Å². The minimum Gasteiger partial charge on any atom is -0.393 e. The molecule has 7 nitrogen and oxygen atoms in total. The van der Waals surface area contributed by atoms with Gasteiger partial charge >= 0.3 is 0 Å². The summed E-state index contributed by atoms with van der Waals surface area (Å²) < 4.78 is 0. The highest BCUT2D eigenvalue weighted by molar-refractivity contribution is 5.92. The van der Waals surface area contributed by atoms with Crippen LogP contribution in [0.4, 0.5) is 0 Å². The molecule has 3 N–H and O–H groups in total. The number of piperidine rings is 1. The molecule has 28 heavy (non-hydrogen) atoms. The first-order valence-corrected chi connectivity index (χ1v) is 10.4. The fourth-order valence-corrected chi connectivity index (χ4v) is 5.20. The first-order valence-electron chi connectivity index (χ1n) is 10.4. The van der Waals surface area contributed by atoms with Crippen LogP contribution in [0.25, 0.3) is 0 Å². The summed E-state index contributed by atoms with van der Waals surface area (Å²) in [6.45, 7) is 3.27. The van der Waals surface area contributed by atoms with Gasteiger partial charge in [-0.15, -0.1) is 0 Å². The van der Waals surface area contributed by atoms with E-state index in [4.69, 9.17) is 5.73 Å². The molecule has 2 amide bonds. The van der Waals surface area contributed by atoms with Gasteiger partial charge in [0.15, 0.2) is 0 Å². The number of hydrogen-bond acceptors (Lipinski definition) is 5. The van der Waals surface area contributed by atoms with E-state index in [1.165, 1.54) is 6.20 Å². The predicted octanol–water partition coefficient (Wildman–Crippen LogP) is 1.30. The summed E-state index contributed by atoms with van der Waals surface area (Å²) in [5.74, 6) is -0.154. The van der Waals surface area contributed by atoms with Crippen molar-refractivity contribution >= 4 is 11.8 Å². The zero-order chi connectivity index (χ0) is 19.7. The fourth-order valence-electron chi connectivity index (χ4n) is 5.20. The van der Waals surface area contributed by atoms with Crippen molar-refractivity contribution in [3.8, 4) is 0 Å². The smallest absolute Gasteiger partial charge is 0.250 e. The lowest BCUT2D eigenvalue weighted by Gasteiger charge is -2.40. The number of nitrogens with two attached hydrogens (primary N) is 1. The van der Waals surface area contributed by atoms with Crippen LogP contribution in [-0.4, -0.2) is 63.5 Å². The molecule has 7 heteroatoms. The maximum atomic E-state index is 13.4. The van der Waals surface area contributed by atoms with Gasteiger partial charge in [0.1, 0.15) is 0 Å². The van der Waals surface area contributed by atoms with Crippen molar-refractivity contribution in [3.63, 3.8) is 0 Å². The molecule has 1 spiro atoms. The zero-order valence-corrected chi connectivity index (χ0v) is 16.3. The number of carbonyl (C=O) groups excluding carboxylic acids is 2. The molecule has 0 aromatic carbocycles. The number of pyridine rings is 1. The van der Waals surface area contributed by atoms with E-state index in [-0.39, 0.29) is 11.5 Å². The summed E-state index contributed by atoms with van der Waals surface area (Å²) in [6, 6.07) is 3.86. The second-order valence-corrected chi connectivity index (χ2v) is 8.71. The Morgan fingerprint density at radius 3 is 2.68 bits per heavy atom. The van der Waals surface area contributed by atoms with E-state index in [9.17, 15) is 14.7 Å². The zero-order valence-electron chi connectivity index (χ0n) is 16.3. The third kappa shape index (κ3) is 3.78. The van der Waals surface area contributed by atoms with E-state index in [0.29, 0.717) is 24.1 Å². The van der Waals surface area contributed by atoms with Crippen LogP contribution in [0, 0.1) is 5.41 Å². The van der Waals surface area contributed by atoms with Gasteiger partial charge in [-0.05, 0) is 63.6 Å². The Morgan fingerprint density at radius 1 is 1.21 bits per heavy atom. The Morgan fingerprint density at radius 2 is 2.00 bits per heavy atom. The summed E-state index contributed by atoms with van der Waals surface area (Å²) in [7, 11) is 0. The summed E-state index contributed by atoms with van der Waals surface area (Å²) in [5.41, 5.74) is 6.33. The summed E-state index contributed by atoms with van der Waals surface area (Å²) in [6.07, 6.45) is 7.69. The van der Waals surface area contributed by atoms with Gasteiger partial charge in [0.25, 0.3) is 0 Å². The SMILES string of the molecule is NC(=O)c1ccc(CN2CCCC3(CCN(C4CCC(O)CC4)C3=O)C2)nc1. The summed E-state index contributed by atoms with van der Waals surface area (Å²) in [5, 5.41) is 9.76. The highest BCUT2D eigenvalue weighted by Gasteiger charge is 2.50. The summed E-state index contributed by atoms with van der Waals surface area (Å²) in [4.78, 5) is 33.3. The van der Waals surface area contributed by atoms with Crippen molar-refractivity contribution < 1.29 is 14.7 Å². The minimum atomic E-state index is -0.470. The highest BCUT2D eigenvalue weighted by atomic mass is 16.3. The Bertz CT molecular complexity index is 730. The van der Waals surface area contributed by atoms with Crippen LogP contribution >= 0.6 is 0 Å². The van der Waals surface area contributed by atoms with Gasteiger partial charge < -0.3 is 15.7 Å². The second-order valence-electron chi connectivity index (χ2n) is 8.71. The molecule has 152 valence electrons. The van der Waals surface area contributed by atoms with Crippen molar-refractivity contribution in [1.29, 1.82) is 0 Å². The number of likely N-dealkylation sites (tertiary alicyclic amines) is 2. The van der Waals surface area contributed by atoms with Crippen molar-refractivity contribution in [1.82, 2.24) is 14.8 Å². The van der Waals surface area contributed by atoms with Gasteiger partial charge in [0.05, 0.1) is 22.8 Å². The number of aromatic nitrogens is 1. The lowest BCUT2D eigenvalue weighted by Crippen LogP contribution is -2.49. The molecule has 1 unspecified atom stereocenters. The molecule has 1 atom stereocenters. The number of primary amides is 1. The van der Waals surface area contributed by atoms with E-state index >= 15 is 0 Å². The number of nitrogens with zero attached hydrogens (tertiary/aromatic N) is 3. The Labute approximate surface area is 165 Å². The molecule has 1 saturated carbocycles. The van der Waals surface area contributed by atoms with Crippen molar-refractivity contribution in [3.05, 3.63) is 29.6 Å². The molecular formula is C21H30N4O3. The van der Waals surface area contributed by atoms with Gasteiger partial charge in [-0.3, -0.25) is 19.5 Å². The number of amides is 2. The Balaban J connectivity index is 1.40. The monoisotopic (exact) mass is 386 g/mol. The molecule has 0 radical (unpaired) electrons. The maximum absolute atomic E-state index is 13.4. The first-order chi connectivity index (χ1) is 13.5. The molecule has 3 heterocycles. The molecule has 3 aliphatic rings. The Kier molecular flexibility index (Phi) is 5.38. The van der Waals surface area contributed by atoms with Gasteiger partial charge in [-0.2, -0.15) is 0 Å². The largest absolute Gasteiger partial charge is 0.393 e. The topological polar surface area (TPSA) is 99.8 Å². The van der Waals surface area contributed by atoms with Gasteiger partial charge in [0, 0.05) is 31.9 Å². The predicted molar refractivity (Wildman–Crippen MR) is 104 cm³/mol. The van der Waals surface area contributed by atoms with E-state index in [1.54, 1.807) is 6.07 Å². The van der Waals surface area contributed by atoms with E-state index in [2.05, 4.69) is 14.8 Å². The molecular weight excluding hydrogens is 356 g/mol. The third-order valence-corrected chi connectivity index (χ3v) is 6.80. The minimum absolute atomic E-state index is 0.193. The van der Waals surface area contributed by atoms with Crippen LogP contribution < -0.4 is 5.73 Å². The van der Waals surface area contributed by atoms with E-state index < -0.39 is 5.91 Å². The number of aliphatic hydroxyl groups excluding tert-OH is 1. The van der Waals surface area contributed by atoms with Crippen LogP contribution in [0.5, 0.6) is 0 Å². The summed E-state index contributed by atoms with van der Waals surface area (Å²) >= 11 is 0. The molecule has 2 aliphatic heterocycles. The maximum Gasteiger partial charge on any atom is 0.250 e. The van der Waals surface area contributed by atoms with Crippen LogP contribution in [-0.2, 0) is 11.3 Å². The van der Waals surface area contributed by atoms with Gasteiger partial charge in [0.2, 0.25) is 11.8 Å². The van der Waals surface area contributed by atoms with Crippen molar-refractivity contribution in [2.45, 2.75) is 63.6 Å². The molecule has 1 aliphatic carbocycles. The fraction of sp³-hybridized carbons (Fsp3) is 0.667. The van der Waals surface area contributed by atoms with Crippen LogP contribution in [0.3, 0.4) is 0 Å². The number of hydrogen-bond donors (Lipinski definition) is 2. The van der Waals surface area contributed by atoms with Crippen LogP contribution in [0.2, 0.25) is 0 Å². The molecule has 4 rings (SSSR count). The number of carbonyl (C=O) groups is 2. The second kappa shape index (κ2) is 7.79. The lowest BCUT2D eigenvalue weighted by molar-refractivity contribution is -0.141. The van der Waals surface area contributed by atoms with Crippen LogP contribution in [0.15, 0.2) is 18.3 Å². The number of aliphatic hydroxyl groups is 1. The third-order valence-electron chi connectivity index (χ3n) is 6.80. The molecule has 0 bridgehead atoms.